The summed E-state index contributed by atoms with van der Waals surface area (Å²) in [6.45, 7) is 4.86. The van der Waals surface area contributed by atoms with Gasteiger partial charge in [-0.05, 0) is 44.7 Å². The van der Waals surface area contributed by atoms with Gasteiger partial charge < -0.3 is 11.1 Å². The summed E-state index contributed by atoms with van der Waals surface area (Å²) in [6.07, 6.45) is 5.22. The Bertz CT molecular complexity index is 325. The third-order valence-corrected chi connectivity index (χ3v) is 4.59. The number of aryl methyl sites for hydroxylation is 1. The molecule has 0 spiro atoms. The van der Waals surface area contributed by atoms with Gasteiger partial charge in [-0.25, -0.2) is 4.98 Å². The number of nitrogens with zero attached hydrogens (tertiary/aromatic N) is 1. The molecule has 16 heavy (non-hydrogen) atoms. The molecule has 1 heterocycles. The molecule has 1 aromatic heterocycles. The van der Waals surface area contributed by atoms with E-state index < -0.39 is 0 Å². The standard InChI is InChI=1S/C12H21N3S/c1-10-8-16-11(15-10)7-14-6-5-12(9-13)3-2-4-12/h8,14H,2-7,9,13H2,1H3. The van der Waals surface area contributed by atoms with Gasteiger partial charge in [0, 0.05) is 17.6 Å². The lowest BCUT2D eigenvalue weighted by molar-refractivity contribution is 0.130. The van der Waals surface area contributed by atoms with Crippen LogP contribution >= 0.6 is 11.3 Å². The summed E-state index contributed by atoms with van der Waals surface area (Å²) >= 11 is 1.73. The largest absolute Gasteiger partial charge is 0.330 e. The molecule has 2 rings (SSSR count). The fraction of sp³-hybridized carbons (Fsp3) is 0.750. The molecule has 90 valence electrons. The molecule has 1 aromatic rings. The summed E-state index contributed by atoms with van der Waals surface area (Å²) in [6, 6.07) is 0. The molecule has 0 saturated heterocycles. The first kappa shape index (κ1) is 12.0. The van der Waals surface area contributed by atoms with E-state index in [1.54, 1.807) is 11.3 Å². The number of nitrogens with one attached hydrogen (secondary N) is 1. The first-order chi connectivity index (χ1) is 7.74. The van der Waals surface area contributed by atoms with E-state index >= 15 is 0 Å². The molecule has 1 aliphatic rings. The van der Waals surface area contributed by atoms with E-state index in [-0.39, 0.29) is 0 Å². The fourth-order valence-electron chi connectivity index (χ4n) is 2.27. The molecule has 3 N–H and O–H groups in total. The van der Waals surface area contributed by atoms with Crippen molar-refractivity contribution < 1.29 is 0 Å². The zero-order chi connectivity index (χ0) is 11.4. The molecule has 3 nitrogen and oxygen atoms in total. The first-order valence-corrected chi connectivity index (χ1v) is 6.94. The highest BCUT2D eigenvalue weighted by molar-refractivity contribution is 7.09. The van der Waals surface area contributed by atoms with Gasteiger partial charge in [-0.15, -0.1) is 11.3 Å². The summed E-state index contributed by atoms with van der Waals surface area (Å²) < 4.78 is 0. The Morgan fingerprint density at radius 3 is 2.88 bits per heavy atom. The second kappa shape index (κ2) is 5.25. The number of rotatable bonds is 6. The molecule has 4 heteroatoms. The minimum absolute atomic E-state index is 0.464. The smallest absolute Gasteiger partial charge is 0.107 e. The summed E-state index contributed by atoms with van der Waals surface area (Å²) in [4.78, 5) is 4.43. The maximum Gasteiger partial charge on any atom is 0.107 e. The molecule has 0 radical (unpaired) electrons. The molecule has 0 unspecified atom stereocenters. The Labute approximate surface area is 101 Å². The maximum atomic E-state index is 5.83. The summed E-state index contributed by atoms with van der Waals surface area (Å²) in [5.41, 5.74) is 7.42. The lowest BCUT2D eigenvalue weighted by Crippen LogP contribution is -2.39. The topological polar surface area (TPSA) is 50.9 Å². The van der Waals surface area contributed by atoms with Crippen LogP contribution in [0, 0.1) is 12.3 Å². The molecule has 1 saturated carbocycles. The second-order valence-electron chi connectivity index (χ2n) is 4.87. The monoisotopic (exact) mass is 239 g/mol. The average molecular weight is 239 g/mol. The van der Waals surface area contributed by atoms with Crippen molar-refractivity contribution in [3.8, 4) is 0 Å². The van der Waals surface area contributed by atoms with Crippen LogP contribution in [-0.4, -0.2) is 18.1 Å². The number of aromatic nitrogens is 1. The molecule has 0 bridgehead atoms. The molecule has 0 aliphatic heterocycles. The predicted octanol–water partition coefficient (Wildman–Crippen LogP) is 2.06. The van der Waals surface area contributed by atoms with Gasteiger partial charge in [0.15, 0.2) is 0 Å². The normalized spacial score (nSPS) is 18.4. The third kappa shape index (κ3) is 2.81. The van der Waals surface area contributed by atoms with Crippen molar-refractivity contribution in [3.05, 3.63) is 16.1 Å². The Kier molecular flexibility index (Phi) is 3.95. The van der Waals surface area contributed by atoms with Crippen LogP contribution in [0.5, 0.6) is 0 Å². The fourth-order valence-corrected chi connectivity index (χ4v) is 3.01. The van der Waals surface area contributed by atoms with E-state index in [0.717, 1.165) is 25.3 Å². The molecule has 1 fully saturated rings. The van der Waals surface area contributed by atoms with Crippen molar-refractivity contribution in [1.82, 2.24) is 10.3 Å². The summed E-state index contributed by atoms with van der Waals surface area (Å²) in [5.74, 6) is 0. The van der Waals surface area contributed by atoms with Crippen LogP contribution in [0.2, 0.25) is 0 Å². The lowest BCUT2D eigenvalue weighted by Gasteiger charge is -2.41. The quantitative estimate of drug-likeness (QED) is 0.747. The minimum atomic E-state index is 0.464. The van der Waals surface area contributed by atoms with Crippen LogP contribution in [0.15, 0.2) is 5.38 Å². The minimum Gasteiger partial charge on any atom is -0.330 e. The number of thiazole rings is 1. The van der Waals surface area contributed by atoms with E-state index in [2.05, 4.69) is 15.7 Å². The van der Waals surface area contributed by atoms with Crippen LogP contribution < -0.4 is 11.1 Å². The van der Waals surface area contributed by atoms with Gasteiger partial charge in [-0.2, -0.15) is 0 Å². The zero-order valence-electron chi connectivity index (χ0n) is 9.96. The van der Waals surface area contributed by atoms with Gasteiger partial charge in [-0.3, -0.25) is 0 Å². The van der Waals surface area contributed by atoms with Gasteiger partial charge >= 0.3 is 0 Å². The molecule has 1 aliphatic carbocycles. The van der Waals surface area contributed by atoms with Crippen LogP contribution in [0.3, 0.4) is 0 Å². The Morgan fingerprint density at radius 2 is 2.38 bits per heavy atom. The highest BCUT2D eigenvalue weighted by atomic mass is 32.1. The Morgan fingerprint density at radius 1 is 1.56 bits per heavy atom. The van der Waals surface area contributed by atoms with Crippen molar-refractivity contribution in [2.75, 3.05) is 13.1 Å². The van der Waals surface area contributed by atoms with Gasteiger partial charge in [0.1, 0.15) is 5.01 Å². The second-order valence-corrected chi connectivity index (χ2v) is 5.81. The number of hydrogen-bond donors (Lipinski definition) is 2. The van der Waals surface area contributed by atoms with Gasteiger partial charge in [0.25, 0.3) is 0 Å². The van der Waals surface area contributed by atoms with E-state index in [1.807, 2.05) is 6.92 Å². The Hall–Kier alpha value is -0.450. The van der Waals surface area contributed by atoms with Gasteiger partial charge in [0.2, 0.25) is 0 Å². The predicted molar refractivity (Wildman–Crippen MR) is 68.5 cm³/mol. The van der Waals surface area contributed by atoms with Crippen LogP contribution in [0.4, 0.5) is 0 Å². The van der Waals surface area contributed by atoms with Crippen LogP contribution in [0.25, 0.3) is 0 Å². The third-order valence-electron chi connectivity index (χ3n) is 3.62. The van der Waals surface area contributed by atoms with Crippen LogP contribution in [0.1, 0.15) is 36.4 Å². The van der Waals surface area contributed by atoms with E-state index in [1.165, 1.54) is 30.7 Å². The summed E-state index contributed by atoms with van der Waals surface area (Å²) in [7, 11) is 0. The van der Waals surface area contributed by atoms with E-state index in [4.69, 9.17) is 5.73 Å². The van der Waals surface area contributed by atoms with Gasteiger partial charge in [0.05, 0.1) is 0 Å². The van der Waals surface area contributed by atoms with Crippen molar-refractivity contribution in [2.24, 2.45) is 11.1 Å². The first-order valence-electron chi connectivity index (χ1n) is 6.06. The molecule has 0 aromatic carbocycles. The molecule has 0 amide bonds. The van der Waals surface area contributed by atoms with Crippen molar-refractivity contribution in [2.45, 2.75) is 39.2 Å². The molecule has 0 atom stereocenters. The average Bonchev–Trinajstić information content (AvgIpc) is 2.62. The number of hydrogen-bond acceptors (Lipinski definition) is 4. The summed E-state index contributed by atoms with van der Waals surface area (Å²) in [5, 5.41) is 6.75. The van der Waals surface area contributed by atoms with E-state index in [9.17, 15) is 0 Å². The van der Waals surface area contributed by atoms with Crippen LogP contribution in [-0.2, 0) is 6.54 Å². The van der Waals surface area contributed by atoms with Crippen molar-refractivity contribution in [3.63, 3.8) is 0 Å². The molecular weight excluding hydrogens is 218 g/mol. The SMILES string of the molecule is Cc1csc(CNCCC2(CN)CCC2)n1. The van der Waals surface area contributed by atoms with Gasteiger partial charge in [-0.1, -0.05) is 6.42 Å². The highest BCUT2D eigenvalue weighted by Gasteiger charge is 2.34. The number of nitrogens with two attached hydrogens (primary N) is 1. The highest BCUT2D eigenvalue weighted by Crippen LogP contribution is 2.42. The van der Waals surface area contributed by atoms with Crippen molar-refractivity contribution in [1.29, 1.82) is 0 Å². The van der Waals surface area contributed by atoms with E-state index in [0.29, 0.717) is 5.41 Å². The van der Waals surface area contributed by atoms with Crippen molar-refractivity contribution >= 4 is 11.3 Å². The lowest BCUT2D eigenvalue weighted by atomic mass is 9.67. The maximum absolute atomic E-state index is 5.83. The Balaban J connectivity index is 1.65. The molecular formula is C12H21N3S. The zero-order valence-corrected chi connectivity index (χ0v) is 10.8.